The van der Waals surface area contributed by atoms with Gasteiger partial charge in [0, 0.05) is 22.8 Å². The maximum Gasteiger partial charge on any atom is 0.180 e. The van der Waals surface area contributed by atoms with Crippen molar-refractivity contribution in [1.82, 2.24) is 19.9 Å². The number of rotatable bonds is 2. The van der Waals surface area contributed by atoms with E-state index in [0.717, 1.165) is 16.7 Å². The van der Waals surface area contributed by atoms with Gasteiger partial charge in [-0.15, -0.1) is 0 Å². The van der Waals surface area contributed by atoms with Crippen LogP contribution in [-0.2, 0) is 0 Å². The summed E-state index contributed by atoms with van der Waals surface area (Å²) < 4.78 is 20.0. The van der Waals surface area contributed by atoms with Crippen molar-refractivity contribution in [2.24, 2.45) is 0 Å². The summed E-state index contributed by atoms with van der Waals surface area (Å²) in [6.45, 7) is 1.10. The Morgan fingerprint density at radius 3 is 3.04 bits per heavy atom. The molecule has 0 radical (unpaired) electrons. The summed E-state index contributed by atoms with van der Waals surface area (Å²) in [7, 11) is 0. The van der Waals surface area contributed by atoms with Crippen molar-refractivity contribution < 1.29 is 9.13 Å². The number of pyridine rings is 1. The molecule has 0 atom stereocenters. The van der Waals surface area contributed by atoms with Gasteiger partial charge in [-0.3, -0.25) is 0 Å². The number of benzene rings is 1. The van der Waals surface area contributed by atoms with Gasteiger partial charge in [0.15, 0.2) is 17.4 Å². The molecule has 1 aromatic carbocycles. The minimum absolute atomic E-state index is 0.248. The average Bonchev–Trinajstić information content (AvgIpc) is 3.18. The van der Waals surface area contributed by atoms with Gasteiger partial charge in [-0.05, 0) is 30.3 Å². The number of nitrogens with one attached hydrogen (secondary N) is 1. The van der Waals surface area contributed by atoms with Crippen LogP contribution in [-0.4, -0.2) is 33.1 Å². The Kier molecular flexibility index (Phi) is 3.68. The summed E-state index contributed by atoms with van der Waals surface area (Å²) in [5.74, 6) is 0.954. The van der Waals surface area contributed by atoms with E-state index in [1.54, 1.807) is 12.4 Å². The monoisotopic (exact) mass is 381 g/mol. The summed E-state index contributed by atoms with van der Waals surface area (Å²) in [4.78, 5) is 18.3. The van der Waals surface area contributed by atoms with Crippen molar-refractivity contribution in [3.8, 4) is 17.1 Å². The van der Waals surface area contributed by atoms with E-state index in [1.807, 2.05) is 23.2 Å². The van der Waals surface area contributed by atoms with Crippen molar-refractivity contribution in [3.63, 3.8) is 0 Å². The van der Waals surface area contributed by atoms with Crippen molar-refractivity contribution in [1.29, 1.82) is 0 Å². The van der Waals surface area contributed by atoms with E-state index in [9.17, 15) is 4.39 Å². The Labute approximate surface area is 158 Å². The van der Waals surface area contributed by atoms with E-state index >= 15 is 0 Å². The van der Waals surface area contributed by atoms with Gasteiger partial charge in [0.2, 0.25) is 0 Å². The number of halogens is 2. The minimum atomic E-state index is -0.431. The van der Waals surface area contributed by atoms with E-state index < -0.39 is 5.82 Å². The molecule has 4 aromatic rings. The van der Waals surface area contributed by atoms with Gasteiger partial charge in [-0.2, -0.15) is 0 Å². The molecule has 0 saturated heterocycles. The number of fused-ring (bicyclic) bond motifs is 2. The summed E-state index contributed by atoms with van der Waals surface area (Å²) in [6, 6.07) is 8.21. The Hall–Kier alpha value is -3.19. The van der Waals surface area contributed by atoms with E-state index in [-0.39, 0.29) is 11.4 Å². The van der Waals surface area contributed by atoms with Gasteiger partial charge in [0.1, 0.15) is 18.1 Å². The summed E-state index contributed by atoms with van der Waals surface area (Å²) in [5, 5.41) is 1.39. The van der Waals surface area contributed by atoms with Gasteiger partial charge in [-0.25, -0.2) is 19.3 Å². The van der Waals surface area contributed by atoms with Gasteiger partial charge in [0.05, 0.1) is 24.0 Å². The summed E-state index contributed by atoms with van der Waals surface area (Å²) in [5.41, 5.74) is 1.98. The Morgan fingerprint density at radius 2 is 2.11 bits per heavy atom. The van der Waals surface area contributed by atoms with Crippen molar-refractivity contribution in [2.45, 2.75) is 0 Å². The van der Waals surface area contributed by atoms with Gasteiger partial charge in [0.25, 0.3) is 0 Å². The van der Waals surface area contributed by atoms with Crippen LogP contribution in [0.5, 0.6) is 5.75 Å². The zero-order valence-electron chi connectivity index (χ0n) is 14.0. The number of hydrogen-bond acceptors (Lipinski definition) is 5. The molecule has 0 spiro atoms. The fraction of sp³-hybridized carbons (Fsp3) is 0.105. The third kappa shape index (κ3) is 2.67. The van der Waals surface area contributed by atoms with Crippen LogP contribution in [0.15, 0.2) is 48.9 Å². The molecule has 6 nitrogen and oxygen atoms in total. The lowest BCUT2D eigenvalue weighted by atomic mass is 10.2. The zero-order valence-corrected chi connectivity index (χ0v) is 14.7. The zero-order chi connectivity index (χ0) is 18.4. The van der Waals surface area contributed by atoms with E-state index in [0.29, 0.717) is 29.7 Å². The Balaban J connectivity index is 1.67. The highest BCUT2D eigenvalue weighted by Crippen LogP contribution is 2.38. The standard InChI is InChI=1S/C19H13ClFN5O/c20-11-1-2-14(21)13(9-11)18-24-10-16-19(25-18)26(7-8-27-16)15-4-6-23-17-12(15)3-5-22-17/h1-6,9-10H,7-8H2,(H,22,23). The van der Waals surface area contributed by atoms with Gasteiger partial charge >= 0.3 is 0 Å². The third-order valence-electron chi connectivity index (χ3n) is 4.46. The molecular weight excluding hydrogens is 369 g/mol. The number of aromatic amines is 1. The fourth-order valence-corrected chi connectivity index (χ4v) is 3.40. The highest BCUT2D eigenvalue weighted by atomic mass is 35.5. The first-order chi connectivity index (χ1) is 13.2. The maximum absolute atomic E-state index is 14.3. The van der Waals surface area contributed by atoms with Gasteiger partial charge in [-0.1, -0.05) is 11.6 Å². The highest BCUT2D eigenvalue weighted by molar-refractivity contribution is 6.30. The Morgan fingerprint density at radius 1 is 1.19 bits per heavy atom. The second-order valence-corrected chi connectivity index (χ2v) is 6.51. The van der Waals surface area contributed by atoms with Crippen LogP contribution in [0.4, 0.5) is 15.9 Å². The van der Waals surface area contributed by atoms with Gasteiger partial charge < -0.3 is 14.6 Å². The lowest BCUT2D eigenvalue weighted by Crippen LogP contribution is -2.30. The largest absolute Gasteiger partial charge is 0.486 e. The molecule has 27 heavy (non-hydrogen) atoms. The smallest absolute Gasteiger partial charge is 0.180 e. The lowest BCUT2D eigenvalue weighted by Gasteiger charge is -2.30. The van der Waals surface area contributed by atoms with Crippen LogP contribution >= 0.6 is 11.6 Å². The molecule has 0 fully saturated rings. The number of hydrogen-bond donors (Lipinski definition) is 1. The first-order valence-corrected chi connectivity index (χ1v) is 8.73. The van der Waals surface area contributed by atoms with Crippen molar-refractivity contribution in [3.05, 3.63) is 59.8 Å². The van der Waals surface area contributed by atoms with Crippen LogP contribution in [0, 0.1) is 5.82 Å². The van der Waals surface area contributed by atoms with Crippen LogP contribution < -0.4 is 9.64 Å². The second-order valence-electron chi connectivity index (χ2n) is 6.08. The first-order valence-electron chi connectivity index (χ1n) is 8.35. The number of anilines is 2. The molecular formula is C19H13ClFN5O. The number of aromatic nitrogens is 4. The quantitative estimate of drug-likeness (QED) is 0.559. The molecule has 4 heterocycles. The number of ether oxygens (including phenoxy) is 1. The molecule has 1 N–H and O–H groups in total. The van der Waals surface area contributed by atoms with Crippen LogP contribution in [0.3, 0.4) is 0 Å². The molecule has 0 amide bonds. The Bertz CT molecular complexity index is 1160. The highest BCUT2D eigenvalue weighted by Gasteiger charge is 2.25. The molecule has 1 aliphatic heterocycles. The molecule has 1 aliphatic rings. The predicted octanol–water partition coefficient (Wildman–Crippen LogP) is 4.34. The first kappa shape index (κ1) is 16.0. The second kappa shape index (κ2) is 6.21. The maximum atomic E-state index is 14.3. The fourth-order valence-electron chi connectivity index (χ4n) is 3.22. The normalized spacial score (nSPS) is 13.5. The predicted molar refractivity (Wildman–Crippen MR) is 101 cm³/mol. The molecule has 5 rings (SSSR count). The third-order valence-corrected chi connectivity index (χ3v) is 4.70. The van der Waals surface area contributed by atoms with E-state index in [1.165, 1.54) is 18.2 Å². The van der Waals surface area contributed by atoms with Crippen LogP contribution in [0.1, 0.15) is 0 Å². The summed E-state index contributed by atoms with van der Waals surface area (Å²) >= 11 is 6.02. The number of H-pyrrole nitrogens is 1. The molecule has 0 unspecified atom stereocenters. The van der Waals surface area contributed by atoms with Crippen molar-refractivity contribution in [2.75, 3.05) is 18.1 Å². The molecule has 0 bridgehead atoms. The number of nitrogens with zero attached hydrogens (tertiary/aromatic N) is 4. The molecule has 134 valence electrons. The van der Waals surface area contributed by atoms with Crippen LogP contribution in [0.25, 0.3) is 22.4 Å². The SMILES string of the molecule is Fc1ccc(Cl)cc1-c1ncc2c(n1)N(c1ccnc3[nH]ccc13)CCO2. The molecule has 0 saturated carbocycles. The minimum Gasteiger partial charge on any atom is -0.486 e. The average molecular weight is 382 g/mol. The lowest BCUT2D eigenvalue weighted by molar-refractivity contribution is 0.310. The van der Waals surface area contributed by atoms with Crippen LogP contribution in [0.2, 0.25) is 5.02 Å². The van der Waals surface area contributed by atoms with E-state index in [4.69, 9.17) is 16.3 Å². The molecule has 0 aliphatic carbocycles. The summed E-state index contributed by atoms with van der Waals surface area (Å²) in [6.07, 6.45) is 5.15. The van der Waals surface area contributed by atoms with Crippen molar-refractivity contribution >= 4 is 34.1 Å². The topological polar surface area (TPSA) is 66.9 Å². The molecule has 3 aromatic heterocycles. The molecule has 8 heteroatoms. The van der Waals surface area contributed by atoms with E-state index in [2.05, 4.69) is 19.9 Å².